The highest BCUT2D eigenvalue weighted by Crippen LogP contribution is 2.44. The van der Waals surface area contributed by atoms with Crippen LogP contribution in [0.2, 0.25) is 0 Å². The number of hydrogen-bond donors (Lipinski definition) is 1. The van der Waals surface area contributed by atoms with Crippen molar-refractivity contribution in [1.82, 2.24) is 20.4 Å². The van der Waals surface area contributed by atoms with Crippen molar-refractivity contribution >= 4 is 0 Å². The van der Waals surface area contributed by atoms with E-state index < -0.39 is 17.5 Å². The van der Waals surface area contributed by atoms with E-state index in [-0.39, 0.29) is 25.3 Å². The van der Waals surface area contributed by atoms with Gasteiger partial charge in [-0.3, -0.25) is 4.98 Å². The molecule has 1 saturated heterocycles. The van der Waals surface area contributed by atoms with Crippen LogP contribution in [-0.4, -0.2) is 34.4 Å². The topological polar surface area (TPSA) is 63.8 Å². The Hall–Kier alpha value is -1.96. The Morgan fingerprint density at radius 3 is 2.75 bits per heavy atom. The van der Waals surface area contributed by atoms with Gasteiger partial charge in [-0.1, -0.05) is 11.2 Å². The van der Waals surface area contributed by atoms with Crippen LogP contribution in [0.1, 0.15) is 12.3 Å². The van der Waals surface area contributed by atoms with Crippen LogP contribution in [0.4, 0.5) is 13.2 Å². The van der Waals surface area contributed by atoms with Crippen molar-refractivity contribution in [2.75, 3.05) is 13.1 Å². The quantitative estimate of drug-likeness (QED) is 0.912. The van der Waals surface area contributed by atoms with Gasteiger partial charge in [0.2, 0.25) is 11.7 Å². The standard InChI is InChI=1S/C12H11F3N4O/c13-12(14,15)11(4-6-16-7-11)10-18-9(19-20-10)8-3-1-2-5-17-8/h1-3,5,16H,4,6-7H2/t11-/m0/s1. The lowest BCUT2D eigenvalue weighted by Crippen LogP contribution is -2.44. The lowest BCUT2D eigenvalue weighted by atomic mass is 9.86. The summed E-state index contributed by atoms with van der Waals surface area (Å²) in [6.07, 6.45) is -3.03. The van der Waals surface area contributed by atoms with Gasteiger partial charge in [-0.05, 0) is 25.1 Å². The van der Waals surface area contributed by atoms with Crippen molar-refractivity contribution < 1.29 is 17.7 Å². The molecule has 2 aromatic heterocycles. The third-order valence-corrected chi connectivity index (χ3v) is 3.43. The Labute approximate surface area is 112 Å². The van der Waals surface area contributed by atoms with Crippen LogP contribution < -0.4 is 5.32 Å². The maximum Gasteiger partial charge on any atom is 0.404 e. The Kier molecular flexibility index (Phi) is 2.97. The van der Waals surface area contributed by atoms with Crippen LogP contribution in [0.25, 0.3) is 11.5 Å². The predicted molar refractivity (Wildman–Crippen MR) is 62.7 cm³/mol. The molecule has 0 spiro atoms. The largest absolute Gasteiger partial charge is 0.404 e. The summed E-state index contributed by atoms with van der Waals surface area (Å²) < 4.78 is 44.9. The van der Waals surface area contributed by atoms with Gasteiger partial charge >= 0.3 is 6.18 Å². The Morgan fingerprint density at radius 1 is 1.30 bits per heavy atom. The van der Waals surface area contributed by atoms with Gasteiger partial charge in [-0.15, -0.1) is 0 Å². The monoisotopic (exact) mass is 284 g/mol. The highest BCUT2D eigenvalue weighted by atomic mass is 19.4. The maximum atomic E-state index is 13.3. The van der Waals surface area contributed by atoms with E-state index in [9.17, 15) is 13.2 Å². The summed E-state index contributed by atoms with van der Waals surface area (Å²) in [5.74, 6) is -0.341. The minimum absolute atomic E-state index is 0.0659. The molecule has 5 nitrogen and oxygen atoms in total. The van der Waals surface area contributed by atoms with Crippen LogP contribution in [0.15, 0.2) is 28.9 Å². The molecule has 3 heterocycles. The van der Waals surface area contributed by atoms with Crippen molar-refractivity contribution in [3.05, 3.63) is 30.3 Å². The molecule has 0 saturated carbocycles. The Bertz CT molecular complexity index is 590. The maximum absolute atomic E-state index is 13.3. The third kappa shape index (κ3) is 1.96. The van der Waals surface area contributed by atoms with E-state index in [2.05, 4.69) is 20.4 Å². The van der Waals surface area contributed by atoms with Gasteiger partial charge in [-0.2, -0.15) is 18.2 Å². The fourth-order valence-corrected chi connectivity index (χ4v) is 2.25. The summed E-state index contributed by atoms with van der Waals surface area (Å²) >= 11 is 0. The lowest BCUT2D eigenvalue weighted by Gasteiger charge is -2.26. The van der Waals surface area contributed by atoms with Crippen LogP contribution in [0.3, 0.4) is 0 Å². The van der Waals surface area contributed by atoms with Gasteiger partial charge in [0.15, 0.2) is 5.41 Å². The molecule has 20 heavy (non-hydrogen) atoms. The number of aromatic nitrogens is 3. The number of nitrogens with one attached hydrogen (secondary N) is 1. The van der Waals surface area contributed by atoms with Crippen LogP contribution in [0, 0.1) is 0 Å². The highest BCUT2D eigenvalue weighted by molar-refractivity contribution is 5.47. The molecule has 1 aliphatic heterocycles. The minimum atomic E-state index is -4.44. The average molecular weight is 284 g/mol. The minimum Gasteiger partial charge on any atom is -0.338 e. The second-order valence-electron chi connectivity index (χ2n) is 4.64. The smallest absolute Gasteiger partial charge is 0.338 e. The van der Waals surface area contributed by atoms with Gasteiger partial charge in [0.25, 0.3) is 0 Å². The van der Waals surface area contributed by atoms with Gasteiger partial charge in [0.1, 0.15) is 5.69 Å². The zero-order valence-corrected chi connectivity index (χ0v) is 10.3. The average Bonchev–Trinajstić information content (AvgIpc) is 3.09. The molecule has 0 amide bonds. The first-order valence-electron chi connectivity index (χ1n) is 6.06. The summed E-state index contributed by atoms with van der Waals surface area (Å²) in [6, 6.07) is 5.01. The fraction of sp³-hybridized carbons (Fsp3) is 0.417. The predicted octanol–water partition coefficient (Wildman–Crippen LogP) is 1.92. The first-order valence-corrected chi connectivity index (χ1v) is 6.06. The van der Waals surface area contributed by atoms with Crippen molar-refractivity contribution in [3.8, 4) is 11.5 Å². The first kappa shape index (κ1) is 13.0. The molecular formula is C12H11F3N4O. The zero-order valence-electron chi connectivity index (χ0n) is 10.3. The van der Waals surface area contributed by atoms with Gasteiger partial charge in [0.05, 0.1) is 0 Å². The number of rotatable bonds is 2. The first-order chi connectivity index (χ1) is 9.53. The molecule has 1 atom stereocenters. The molecule has 1 aliphatic rings. The number of hydrogen-bond acceptors (Lipinski definition) is 5. The lowest BCUT2D eigenvalue weighted by molar-refractivity contribution is -0.191. The third-order valence-electron chi connectivity index (χ3n) is 3.43. The summed E-state index contributed by atoms with van der Waals surface area (Å²) in [5.41, 5.74) is -1.72. The van der Waals surface area contributed by atoms with Crippen LogP contribution in [-0.2, 0) is 5.41 Å². The molecule has 0 aromatic carbocycles. The van der Waals surface area contributed by atoms with E-state index in [0.29, 0.717) is 5.69 Å². The molecule has 106 valence electrons. The van der Waals surface area contributed by atoms with E-state index >= 15 is 0 Å². The van der Waals surface area contributed by atoms with Crippen molar-refractivity contribution in [2.45, 2.75) is 18.0 Å². The van der Waals surface area contributed by atoms with Gasteiger partial charge in [-0.25, -0.2) is 0 Å². The number of halogens is 3. The fourth-order valence-electron chi connectivity index (χ4n) is 2.25. The SMILES string of the molecule is FC(F)(F)[C@@]1(c2nc(-c3ccccn3)no2)CCNC1. The van der Waals surface area contributed by atoms with Crippen LogP contribution >= 0.6 is 0 Å². The summed E-state index contributed by atoms with van der Waals surface area (Å²) in [7, 11) is 0. The van der Waals surface area contributed by atoms with E-state index in [4.69, 9.17) is 4.52 Å². The second kappa shape index (κ2) is 4.55. The number of nitrogens with zero attached hydrogens (tertiary/aromatic N) is 3. The molecule has 0 radical (unpaired) electrons. The van der Waals surface area contributed by atoms with Crippen molar-refractivity contribution in [1.29, 1.82) is 0 Å². The molecule has 0 unspecified atom stereocenters. The molecule has 3 rings (SSSR count). The summed E-state index contributed by atoms with van der Waals surface area (Å²) in [4.78, 5) is 7.89. The number of pyridine rings is 1. The van der Waals surface area contributed by atoms with E-state index in [1.165, 1.54) is 6.20 Å². The molecule has 2 aromatic rings. The van der Waals surface area contributed by atoms with Gasteiger partial charge < -0.3 is 9.84 Å². The zero-order chi connectivity index (χ0) is 14.2. The summed E-state index contributed by atoms with van der Waals surface area (Å²) in [5, 5.41) is 6.32. The molecule has 1 N–H and O–H groups in total. The molecule has 1 fully saturated rings. The van der Waals surface area contributed by atoms with E-state index in [1.807, 2.05) is 0 Å². The van der Waals surface area contributed by atoms with E-state index in [1.54, 1.807) is 18.2 Å². The van der Waals surface area contributed by atoms with Gasteiger partial charge in [0, 0.05) is 12.7 Å². The number of alkyl halides is 3. The highest BCUT2D eigenvalue weighted by Gasteiger charge is 2.61. The normalized spacial score (nSPS) is 23.1. The van der Waals surface area contributed by atoms with Crippen molar-refractivity contribution in [2.24, 2.45) is 0 Å². The second-order valence-corrected chi connectivity index (χ2v) is 4.64. The Balaban J connectivity index is 2.01. The van der Waals surface area contributed by atoms with Crippen LogP contribution in [0.5, 0.6) is 0 Å². The molecule has 8 heteroatoms. The Morgan fingerprint density at radius 2 is 2.15 bits per heavy atom. The van der Waals surface area contributed by atoms with Crippen molar-refractivity contribution in [3.63, 3.8) is 0 Å². The molecular weight excluding hydrogens is 273 g/mol. The van der Waals surface area contributed by atoms with E-state index in [0.717, 1.165) is 0 Å². The molecule has 0 aliphatic carbocycles. The molecule has 0 bridgehead atoms. The summed E-state index contributed by atoms with van der Waals surface area (Å²) in [6.45, 7) is 0.0150.